The SMILES string of the molecule is Cc1nn(C)c(C)c1CNCc1ccccc1Br. The number of hydrogen-bond donors (Lipinski definition) is 1. The van der Waals surface area contributed by atoms with Crippen LogP contribution in [0.4, 0.5) is 0 Å². The summed E-state index contributed by atoms with van der Waals surface area (Å²) in [4.78, 5) is 0. The summed E-state index contributed by atoms with van der Waals surface area (Å²) in [7, 11) is 1.99. The molecule has 96 valence electrons. The number of hydrogen-bond acceptors (Lipinski definition) is 2. The number of benzene rings is 1. The Kier molecular flexibility index (Phi) is 4.19. The van der Waals surface area contributed by atoms with Crippen molar-refractivity contribution in [2.45, 2.75) is 26.9 Å². The molecule has 0 amide bonds. The highest BCUT2D eigenvalue weighted by atomic mass is 79.9. The molecule has 0 radical (unpaired) electrons. The van der Waals surface area contributed by atoms with Crippen LogP contribution < -0.4 is 5.32 Å². The third-order valence-electron chi connectivity index (χ3n) is 3.23. The Morgan fingerprint density at radius 2 is 1.94 bits per heavy atom. The monoisotopic (exact) mass is 307 g/mol. The van der Waals surface area contributed by atoms with Crippen LogP contribution in [-0.4, -0.2) is 9.78 Å². The van der Waals surface area contributed by atoms with Crippen LogP contribution in [-0.2, 0) is 20.1 Å². The molecule has 0 spiro atoms. The van der Waals surface area contributed by atoms with Gasteiger partial charge in [-0.05, 0) is 25.5 Å². The van der Waals surface area contributed by atoms with E-state index in [1.165, 1.54) is 16.8 Å². The molecule has 3 nitrogen and oxygen atoms in total. The van der Waals surface area contributed by atoms with Crippen LogP contribution in [0.2, 0.25) is 0 Å². The quantitative estimate of drug-likeness (QED) is 0.940. The van der Waals surface area contributed by atoms with E-state index in [-0.39, 0.29) is 0 Å². The normalized spacial score (nSPS) is 10.9. The van der Waals surface area contributed by atoms with Crippen molar-refractivity contribution in [3.05, 3.63) is 51.3 Å². The van der Waals surface area contributed by atoms with Crippen LogP contribution in [0.15, 0.2) is 28.7 Å². The predicted octanol–water partition coefficient (Wildman–Crippen LogP) is 3.09. The fourth-order valence-corrected chi connectivity index (χ4v) is 2.46. The van der Waals surface area contributed by atoms with Gasteiger partial charge >= 0.3 is 0 Å². The number of rotatable bonds is 4. The summed E-state index contributed by atoms with van der Waals surface area (Å²) in [6.45, 7) is 5.87. The first-order valence-electron chi connectivity index (χ1n) is 6.02. The number of halogens is 1. The molecule has 0 bridgehead atoms. The average Bonchev–Trinajstić information content (AvgIpc) is 2.58. The van der Waals surface area contributed by atoms with E-state index in [1.807, 2.05) is 17.8 Å². The van der Waals surface area contributed by atoms with Crippen LogP contribution in [0.1, 0.15) is 22.5 Å². The highest BCUT2D eigenvalue weighted by Crippen LogP contribution is 2.16. The minimum Gasteiger partial charge on any atom is -0.308 e. The molecule has 0 fully saturated rings. The Morgan fingerprint density at radius 3 is 2.56 bits per heavy atom. The third-order valence-corrected chi connectivity index (χ3v) is 4.01. The van der Waals surface area contributed by atoms with E-state index in [9.17, 15) is 0 Å². The van der Waals surface area contributed by atoms with E-state index in [4.69, 9.17) is 0 Å². The van der Waals surface area contributed by atoms with Gasteiger partial charge < -0.3 is 5.32 Å². The third kappa shape index (κ3) is 2.82. The lowest BCUT2D eigenvalue weighted by Crippen LogP contribution is -2.14. The molecule has 0 aliphatic carbocycles. The van der Waals surface area contributed by atoms with E-state index in [0.29, 0.717) is 0 Å². The Balaban J connectivity index is 1.99. The van der Waals surface area contributed by atoms with E-state index in [0.717, 1.165) is 23.3 Å². The Hall–Kier alpha value is -1.13. The molecule has 1 heterocycles. The van der Waals surface area contributed by atoms with Gasteiger partial charge in [0.05, 0.1) is 5.69 Å². The summed E-state index contributed by atoms with van der Waals surface area (Å²) in [6.07, 6.45) is 0. The van der Waals surface area contributed by atoms with Gasteiger partial charge in [0.2, 0.25) is 0 Å². The fourth-order valence-electron chi connectivity index (χ4n) is 2.04. The number of nitrogens with one attached hydrogen (secondary N) is 1. The summed E-state index contributed by atoms with van der Waals surface area (Å²) < 4.78 is 3.09. The van der Waals surface area contributed by atoms with Gasteiger partial charge in [-0.2, -0.15) is 5.10 Å². The van der Waals surface area contributed by atoms with Gasteiger partial charge in [-0.25, -0.2) is 0 Å². The predicted molar refractivity (Wildman–Crippen MR) is 77.4 cm³/mol. The Bertz CT molecular complexity index is 546. The van der Waals surface area contributed by atoms with E-state index >= 15 is 0 Å². The zero-order valence-electron chi connectivity index (χ0n) is 11.0. The lowest BCUT2D eigenvalue weighted by atomic mass is 10.2. The molecule has 0 aliphatic heterocycles. The van der Waals surface area contributed by atoms with Crippen molar-refractivity contribution >= 4 is 15.9 Å². The van der Waals surface area contributed by atoms with Gasteiger partial charge in [0.25, 0.3) is 0 Å². The second-order valence-corrected chi connectivity index (χ2v) is 5.32. The summed E-state index contributed by atoms with van der Waals surface area (Å²) in [5.41, 5.74) is 4.91. The standard InChI is InChI=1S/C14H18BrN3/c1-10-13(11(2)18(3)17-10)9-16-8-12-6-4-5-7-14(12)15/h4-7,16H,8-9H2,1-3H3. The molecule has 1 aromatic carbocycles. The molecule has 4 heteroatoms. The molecular formula is C14H18BrN3. The first-order valence-corrected chi connectivity index (χ1v) is 6.82. The maximum atomic E-state index is 4.42. The summed E-state index contributed by atoms with van der Waals surface area (Å²) >= 11 is 3.56. The highest BCUT2D eigenvalue weighted by molar-refractivity contribution is 9.10. The molecule has 0 atom stereocenters. The van der Waals surface area contributed by atoms with Crippen molar-refractivity contribution in [3.8, 4) is 0 Å². The first-order chi connectivity index (χ1) is 8.59. The Labute approximate surface area is 116 Å². The molecule has 0 unspecified atom stereocenters. The molecular weight excluding hydrogens is 290 g/mol. The minimum absolute atomic E-state index is 0.854. The van der Waals surface area contributed by atoms with E-state index in [1.54, 1.807) is 0 Å². The molecule has 2 rings (SSSR count). The second kappa shape index (κ2) is 5.67. The molecule has 0 aliphatic rings. The van der Waals surface area contributed by atoms with Crippen LogP contribution in [0.3, 0.4) is 0 Å². The van der Waals surface area contributed by atoms with Crippen molar-refractivity contribution in [3.63, 3.8) is 0 Å². The lowest BCUT2D eigenvalue weighted by molar-refractivity contribution is 0.682. The van der Waals surface area contributed by atoms with Gasteiger partial charge in [0, 0.05) is 35.9 Å². The zero-order chi connectivity index (χ0) is 13.1. The van der Waals surface area contributed by atoms with Gasteiger partial charge in [-0.1, -0.05) is 34.1 Å². The molecule has 0 saturated heterocycles. The molecule has 1 N–H and O–H groups in total. The van der Waals surface area contributed by atoms with Crippen molar-refractivity contribution in [1.82, 2.24) is 15.1 Å². The van der Waals surface area contributed by atoms with Crippen molar-refractivity contribution in [2.75, 3.05) is 0 Å². The summed E-state index contributed by atoms with van der Waals surface area (Å²) in [5, 5.41) is 7.89. The van der Waals surface area contributed by atoms with E-state index < -0.39 is 0 Å². The lowest BCUT2D eigenvalue weighted by Gasteiger charge is -2.07. The van der Waals surface area contributed by atoms with Crippen LogP contribution in [0.25, 0.3) is 0 Å². The van der Waals surface area contributed by atoms with Crippen molar-refractivity contribution < 1.29 is 0 Å². The number of aromatic nitrogens is 2. The first kappa shape index (κ1) is 13.3. The number of nitrogens with zero attached hydrogens (tertiary/aromatic N) is 2. The highest BCUT2D eigenvalue weighted by Gasteiger charge is 2.08. The molecule has 2 aromatic rings. The molecule has 0 saturated carbocycles. The Morgan fingerprint density at radius 1 is 1.22 bits per heavy atom. The van der Waals surface area contributed by atoms with Gasteiger partial charge in [-0.15, -0.1) is 0 Å². The topological polar surface area (TPSA) is 29.9 Å². The van der Waals surface area contributed by atoms with Gasteiger partial charge in [-0.3, -0.25) is 4.68 Å². The molecule has 18 heavy (non-hydrogen) atoms. The van der Waals surface area contributed by atoms with Crippen LogP contribution in [0, 0.1) is 13.8 Å². The minimum atomic E-state index is 0.854. The summed E-state index contributed by atoms with van der Waals surface area (Å²) in [6, 6.07) is 8.28. The largest absolute Gasteiger partial charge is 0.308 e. The second-order valence-electron chi connectivity index (χ2n) is 4.47. The fraction of sp³-hybridized carbons (Fsp3) is 0.357. The zero-order valence-corrected chi connectivity index (χ0v) is 12.6. The van der Waals surface area contributed by atoms with Crippen LogP contribution >= 0.6 is 15.9 Å². The van der Waals surface area contributed by atoms with Crippen molar-refractivity contribution in [2.24, 2.45) is 7.05 Å². The smallest absolute Gasteiger partial charge is 0.0641 e. The number of aryl methyl sites for hydroxylation is 2. The van der Waals surface area contributed by atoms with Gasteiger partial charge in [0.15, 0.2) is 0 Å². The van der Waals surface area contributed by atoms with E-state index in [2.05, 4.69) is 58.4 Å². The van der Waals surface area contributed by atoms with Crippen LogP contribution in [0.5, 0.6) is 0 Å². The van der Waals surface area contributed by atoms with Gasteiger partial charge in [0.1, 0.15) is 0 Å². The van der Waals surface area contributed by atoms with Crippen molar-refractivity contribution in [1.29, 1.82) is 0 Å². The maximum absolute atomic E-state index is 4.42. The maximum Gasteiger partial charge on any atom is 0.0641 e. The average molecular weight is 308 g/mol. The molecule has 1 aromatic heterocycles. The summed E-state index contributed by atoms with van der Waals surface area (Å²) in [5.74, 6) is 0.